The van der Waals surface area contributed by atoms with Crippen LogP contribution in [0, 0.1) is 19.8 Å². The average molecular weight is 311 g/mol. The van der Waals surface area contributed by atoms with Crippen LogP contribution in [0.4, 0.5) is 5.69 Å². The molecular weight excluding hydrogens is 288 g/mol. The number of halogens is 1. The first-order chi connectivity index (χ1) is 9.99. The fourth-order valence-electron chi connectivity index (χ4n) is 2.93. The van der Waals surface area contributed by atoms with E-state index in [4.69, 9.17) is 16.7 Å². The number of aryl methyl sites for hydroxylation is 2. The second kappa shape index (κ2) is 7.25. The van der Waals surface area contributed by atoms with Gasteiger partial charge in [-0.25, -0.2) is 0 Å². The quantitative estimate of drug-likeness (QED) is 0.879. The van der Waals surface area contributed by atoms with Crippen molar-refractivity contribution in [3.63, 3.8) is 0 Å². The average Bonchev–Trinajstić information content (AvgIpc) is 2.81. The first-order valence-electron chi connectivity index (χ1n) is 7.39. The first kappa shape index (κ1) is 16.3. The Morgan fingerprint density at radius 2 is 2.24 bits per heavy atom. The molecule has 1 atom stereocenters. The molecule has 1 amide bonds. The number of benzene rings is 1. The van der Waals surface area contributed by atoms with E-state index in [-0.39, 0.29) is 12.5 Å². The third-order valence-electron chi connectivity index (χ3n) is 3.97. The van der Waals surface area contributed by atoms with Crippen molar-refractivity contribution in [3.05, 3.63) is 28.3 Å². The van der Waals surface area contributed by atoms with Crippen LogP contribution in [0.2, 0.25) is 5.02 Å². The predicted octanol–water partition coefficient (Wildman–Crippen LogP) is 2.60. The van der Waals surface area contributed by atoms with Crippen molar-refractivity contribution in [2.45, 2.75) is 26.7 Å². The lowest BCUT2D eigenvalue weighted by Gasteiger charge is -2.17. The van der Waals surface area contributed by atoms with E-state index in [1.165, 1.54) is 0 Å². The zero-order valence-electron chi connectivity index (χ0n) is 12.7. The molecule has 0 saturated carbocycles. The number of carbonyl (C=O) groups is 1. The summed E-state index contributed by atoms with van der Waals surface area (Å²) in [5.41, 5.74) is 2.77. The lowest BCUT2D eigenvalue weighted by atomic mass is 10.1. The summed E-state index contributed by atoms with van der Waals surface area (Å²) >= 11 is 6.20. The molecule has 2 N–H and O–H groups in total. The molecule has 2 rings (SSSR count). The summed E-state index contributed by atoms with van der Waals surface area (Å²) in [7, 11) is 0. The number of nitrogens with zero attached hydrogens (tertiary/aromatic N) is 1. The molecule has 0 aliphatic carbocycles. The first-order valence-corrected chi connectivity index (χ1v) is 7.77. The van der Waals surface area contributed by atoms with E-state index in [9.17, 15) is 4.79 Å². The van der Waals surface area contributed by atoms with E-state index in [0.29, 0.717) is 23.2 Å². The molecule has 1 aliphatic heterocycles. The van der Waals surface area contributed by atoms with Crippen LogP contribution in [-0.4, -0.2) is 42.2 Å². The zero-order chi connectivity index (χ0) is 15.4. The number of carbonyl (C=O) groups excluding carboxylic acids is 1. The Balaban J connectivity index is 1.91. The van der Waals surface area contributed by atoms with Crippen molar-refractivity contribution in [2.75, 3.05) is 31.6 Å². The molecule has 0 aromatic heterocycles. The van der Waals surface area contributed by atoms with Crippen LogP contribution in [0.1, 0.15) is 24.0 Å². The van der Waals surface area contributed by atoms with Crippen molar-refractivity contribution >= 4 is 23.2 Å². The number of amides is 1. The SMILES string of the molecule is Cc1cc(C)c(NC(=O)CN2CCC(CCO)C2)c(Cl)c1. The maximum Gasteiger partial charge on any atom is 0.238 e. The van der Waals surface area contributed by atoms with Gasteiger partial charge in [-0.15, -0.1) is 0 Å². The summed E-state index contributed by atoms with van der Waals surface area (Å²) in [5.74, 6) is 0.473. The van der Waals surface area contributed by atoms with Gasteiger partial charge in [-0.1, -0.05) is 17.7 Å². The van der Waals surface area contributed by atoms with Crippen molar-refractivity contribution in [3.8, 4) is 0 Å². The van der Waals surface area contributed by atoms with Crippen LogP contribution in [0.5, 0.6) is 0 Å². The number of hydrogen-bond donors (Lipinski definition) is 2. The number of likely N-dealkylation sites (tertiary alicyclic amines) is 1. The minimum Gasteiger partial charge on any atom is -0.396 e. The van der Waals surface area contributed by atoms with Crippen molar-refractivity contribution in [1.29, 1.82) is 0 Å². The Hall–Kier alpha value is -1.10. The number of anilines is 1. The third kappa shape index (κ3) is 4.43. The molecule has 1 heterocycles. The molecule has 5 heteroatoms. The number of rotatable bonds is 5. The lowest BCUT2D eigenvalue weighted by molar-refractivity contribution is -0.117. The Bertz CT molecular complexity index is 496. The Morgan fingerprint density at radius 3 is 2.90 bits per heavy atom. The fourth-order valence-corrected chi connectivity index (χ4v) is 3.30. The minimum atomic E-state index is -0.0338. The summed E-state index contributed by atoms with van der Waals surface area (Å²) < 4.78 is 0. The van der Waals surface area contributed by atoms with Crippen molar-refractivity contribution in [1.82, 2.24) is 4.90 Å². The normalized spacial score (nSPS) is 19.0. The van der Waals surface area contributed by atoms with E-state index in [1.807, 2.05) is 26.0 Å². The highest BCUT2D eigenvalue weighted by molar-refractivity contribution is 6.34. The second-order valence-electron chi connectivity index (χ2n) is 5.89. The monoisotopic (exact) mass is 310 g/mol. The maximum absolute atomic E-state index is 12.2. The van der Waals surface area contributed by atoms with Gasteiger partial charge in [-0.3, -0.25) is 9.69 Å². The van der Waals surface area contributed by atoms with Gasteiger partial charge in [0.1, 0.15) is 0 Å². The third-order valence-corrected chi connectivity index (χ3v) is 4.27. The molecule has 1 aliphatic rings. The molecule has 4 nitrogen and oxygen atoms in total. The Labute approximate surface area is 131 Å². The van der Waals surface area contributed by atoms with E-state index >= 15 is 0 Å². The second-order valence-corrected chi connectivity index (χ2v) is 6.30. The van der Waals surface area contributed by atoms with E-state index in [1.54, 1.807) is 0 Å². The molecule has 0 radical (unpaired) electrons. The van der Waals surface area contributed by atoms with Gasteiger partial charge in [-0.05, 0) is 56.3 Å². The highest BCUT2D eigenvalue weighted by atomic mass is 35.5. The molecule has 1 aromatic carbocycles. The number of aliphatic hydroxyl groups excluding tert-OH is 1. The molecule has 0 bridgehead atoms. The van der Waals surface area contributed by atoms with Crippen LogP contribution >= 0.6 is 11.6 Å². The summed E-state index contributed by atoms with van der Waals surface area (Å²) in [6, 6.07) is 3.87. The largest absolute Gasteiger partial charge is 0.396 e. The van der Waals surface area contributed by atoms with Crippen molar-refractivity contribution in [2.24, 2.45) is 5.92 Å². The predicted molar refractivity (Wildman–Crippen MR) is 85.8 cm³/mol. The number of hydrogen-bond acceptors (Lipinski definition) is 3. The van der Waals surface area contributed by atoms with Gasteiger partial charge in [0.05, 0.1) is 17.3 Å². The maximum atomic E-state index is 12.2. The smallest absolute Gasteiger partial charge is 0.238 e. The summed E-state index contributed by atoms with van der Waals surface area (Å²) in [4.78, 5) is 14.3. The van der Waals surface area contributed by atoms with Gasteiger partial charge in [0, 0.05) is 13.2 Å². The molecule has 21 heavy (non-hydrogen) atoms. The minimum absolute atomic E-state index is 0.0338. The van der Waals surface area contributed by atoms with Crippen LogP contribution in [0.15, 0.2) is 12.1 Å². The topological polar surface area (TPSA) is 52.6 Å². The lowest BCUT2D eigenvalue weighted by Crippen LogP contribution is -2.32. The van der Waals surface area contributed by atoms with E-state index in [2.05, 4.69) is 10.2 Å². The molecule has 0 spiro atoms. The van der Waals surface area contributed by atoms with Crippen LogP contribution in [-0.2, 0) is 4.79 Å². The number of aliphatic hydroxyl groups is 1. The van der Waals surface area contributed by atoms with Crippen LogP contribution in [0.3, 0.4) is 0 Å². The Morgan fingerprint density at radius 1 is 1.48 bits per heavy atom. The van der Waals surface area contributed by atoms with Crippen molar-refractivity contribution < 1.29 is 9.90 Å². The van der Waals surface area contributed by atoms with Gasteiger partial charge in [0.2, 0.25) is 5.91 Å². The standard InChI is InChI=1S/C16H23ClN2O2/c1-11-7-12(2)16(14(17)8-11)18-15(21)10-19-5-3-13(9-19)4-6-20/h7-8,13,20H,3-6,9-10H2,1-2H3,(H,18,21). The van der Waals surface area contributed by atoms with Crippen LogP contribution < -0.4 is 5.32 Å². The van der Waals surface area contributed by atoms with Gasteiger partial charge >= 0.3 is 0 Å². The molecule has 1 fully saturated rings. The molecule has 1 aromatic rings. The molecule has 116 valence electrons. The van der Waals surface area contributed by atoms with Gasteiger partial charge < -0.3 is 10.4 Å². The fraction of sp³-hybridized carbons (Fsp3) is 0.562. The highest BCUT2D eigenvalue weighted by Crippen LogP contribution is 2.27. The van der Waals surface area contributed by atoms with Gasteiger partial charge in [0.15, 0.2) is 0 Å². The summed E-state index contributed by atoms with van der Waals surface area (Å²) in [5, 5.41) is 12.5. The zero-order valence-corrected chi connectivity index (χ0v) is 13.4. The molecule has 1 saturated heterocycles. The summed E-state index contributed by atoms with van der Waals surface area (Å²) in [6.45, 7) is 6.33. The van der Waals surface area contributed by atoms with E-state index in [0.717, 1.165) is 37.1 Å². The van der Waals surface area contributed by atoms with E-state index < -0.39 is 0 Å². The van der Waals surface area contributed by atoms with Gasteiger partial charge in [-0.2, -0.15) is 0 Å². The number of nitrogens with one attached hydrogen (secondary N) is 1. The van der Waals surface area contributed by atoms with Gasteiger partial charge in [0.25, 0.3) is 0 Å². The van der Waals surface area contributed by atoms with Crippen LogP contribution in [0.25, 0.3) is 0 Å². The molecule has 1 unspecified atom stereocenters. The Kier molecular flexibility index (Phi) is 5.62. The molecular formula is C16H23ClN2O2. The summed E-state index contributed by atoms with van der Waals surface area (Å²) in [6.07, 6.45) is 1.87. The highest BCUT2D eigenvalue weighted by Gasteiger charge is 2.23.